The number of carbonyl (C=O) groups excluding carboxylic acids is 2. The number of unbranched alkanes of at least 4 members (excludes halogenated alkanes) is 6. The smallest absolute Gasteiger partial charge is 0.462 e. The van der Waals surface area contributed by atoms with Crippen LogP contribution in [0.1, 0.15) is 136 Å². The van der Waals surface area contributed by atoms with Crippen LogP contribution in [0.2, 0.25) is 0 Å². The summed E-state index contributed by atoms with van der Waals surface area (Å²) in [5.74, 6) is -1.05. The number of esters is 2. The maximum absolute atomic E-state index is 12.6. The van der Waals surface area contributed by atoms with Crippen LogP contribution in [0.5, 0.6) is 0 Å². The van der Waals surface area contributed by atoms with Gasteiger partial charge in [0.05, 0.1) is 25.9 Å². The molecule has 12 heteroatoms. The SMILES string of the molecule is CC/C=C\C/C=C\C/C=C\C/C=C\CCCCCCC(=O)O[C@H](COC(=O)CCC/C=C\C/C=C\C/C=C\C/C=C\CCC[C@@H](C)O)COP(=O)(O)OC[C@@H](O)CO. The predicted molar refractivity (Wildman–Crippen MR) is 234 cm³/mol. The molecule has 0 bridgehead atoms. The number of phosphoric ester groups is 1. The average molecular weight is 835 g/mol. The molecule has 0 heterocycles. The molecule has 58 heavy (non-hydrogen) atoms. The van der Waals surface area contributed by atoms with Crippen LogP contribution in [0.3, 0.4) is 0 Å². The van der Waals surface area contributed by atoms with Gasteiger partial charge in [-0.1, -0.05) is 117 Å². The topological polar surface area (TPSA) is 169 Å². The zero-order valence-electron chi connectivity index (χ0n) is 35.3. The molecule has 0 spiro atoms. The van der Waals surface area contributed by atoms with Crippen LogP contribution >= 0.6 is 7.82 Å². The molecule has 330 valence electrons. The molecule has 4 atom stereocenters. The lowest BCUT2D eigenvalue weighted by Gasteiger charge is -2.20. The van der Waals surface area contributed by atoms with Gasteiger partial charge >= 0.3 is 19.8 Å². The summed E-state index contributed by atoms with van der Waals surface area (Å²) in [7, 11) is -4.65. The van der Waals surface area contributed by atoms with Crippen molar-refractivity contribution in [2.75, 3.05) is 26.4 Å². The first-order valence-electron chi connectivity index (χ1n) is 21.2. The van der Waals surface area contributed by atoms with E-state index in [2.05, 4.69) is 96.5 Å². The Morgan fingerprint density at radius 3 is 1.53 bits per heavy atom. The van der Waals surface area contributed by atoms with Crippen molar-refractivity contribution in [3.63, 3.8) is 0 Å². The second-order valence-electron chi connectivity index (χ2n) is 13.9. The lowest BCUT2D eigenvalue weighted by Crippen LogP contribution is -2.29. The standard InChI is InChI=1S/C46H75O11P/c1-3-4-5-6-7-8-9-10-11-12-15-19-22-25-28-31-34-37-46(51)57-44(41-56-58(52,53)55-39-43(49)38-47)40-54-45(50)36-33-30-27-24-21-18-16-13-14-17-20-23-26-29-32-35-42(2)48/h4-5,7-8,10-11,14-19,23-24,26-27,42-44,47-49H,3,6,9,12-13,20-22,25,28-41H2,1-2H3,(H,52,53)/b5-4-,8-7-,11-10-,17-14-,18-16-,19-15-,26-23-,27-24-/t42-,43+,44-/m1/s1. The predicted octanol–water partition coefficient (Wildman–Crippen LogP) is 10.2. The minimum Gasteiger partial charge on any atom is -0.462 e. The van der Waals surface area contributed by atoms with E-state index in [1.165, 1.54) is 0 Å². The van der Waals surface area contributed by atoms with Crippen molar-refractivity contribution in [1.29, 1.82) is 0 Å². The van der Waals surface area contributed by atoms with Gasteiger partial charge in [-0.05, 0) is 103 Å². The highest BCUT2D eigenvalue weighted by Gasteiger charge is 2.27. The average Bonchev–Trinajstić information content (AvgIpc) is 3.20. The molecule has 11 nitrogen and oxygen atoms in total. The Morgan fingerprint density at radius 1 is 0.569 bits per heavy atom. The second-order valence-corrected chi connectivity index (χ2v) is 15.4. The normalized spacial score (nSPS) is 15.3. The third-order valence-corrected chi connectivity index (χ3v) is 9.19. The molecular weight excluding hydrogens is 759 g/mol. The first kappa shape index (κ1) is 54.9. The van der Waals surface area contributed by atoms with Crippen molar-refractivity contribution < 1.29 is 52.9 Å². The van der Waals surface area contributed by atoms with Gasteiger partial charge < -0.3 is 29.7 Å². The van der Waals surface area contributed by atoms with E-state index >= 15 is 0 Å². The second kappa shape index (κ2) is 40.6. The number of rotatable bonds is 38. The number of phosphoric acid groups is 1. The van der Waals surface area contributed by atoms with E-state index in [0.29, 0.717) is 19.3 Å². The van der Waals surface area contributed by atoms with E-state index < -0.39 is 51.8 Å². The van der Waals surface area contributed by atoms with Gasteiger partial charge in [0, 0.05) is 12.8 Å². The summed E-state index contributed by atoms with van der Waals surface area (Å²) in [6.07, 6.45) is 46.5. The molecule has 0 saturated heterocycles. The van der Waals surface area contributed by atoms with Gasteiger partial charge in [0.25, 0.3) is 0 Å². The van der Waals surface area contributed by atoms with Gasteiger partial charge in [0.15, 0.2) is 6.10 Å². The van der Waals surface area contributed by atoms with Gasteiger partial charge in [-0.25, -0.2) is 4.57 Å². The first-order valence-corrected chi connectivity index (χ1v) is 22.7. The molecule has 0 aromatic rings. The summed E-state index contributed by atoms with van der Waals surface area (Å²) in [5, 5.41) is 27.6. The number of ether oxygens (including phenoxy) is 2. The van der Waals surface area contributed by atoms with Crippen LogP contribution in [0, 0.1) is 0 Å². The molecule has 4 N–H and O–H groups in total. The van der Waals surface area contributed by atoms with E-state index in [0.717, 1.165) is 89.9 Å². The van der Waals surface area contributed by atoms with Crippen LogP contribution in [0.25, 0.3) is 0 Å². The summed E-state index contributed by atoms with van der Waals surface area (Å²) in [6.45, 7) is 1.69. The van der Waals surface area contributed by atoms with Crippen molar-refractivity contribution in [3.05, 3.63) is 97.2 Å². The summed E-state index contributed by atoms with van der Waals surface area (Å²) in [6, 6.07) is 0. The van der Waals surface area contributed by atoms with Crippen molar-refractivity contribution in [2.24, 2.45) is 0 Å². The van der Waals surface area contributed by atoms with Crippen LogP contribution in [0.15, 0.2) is 97.2 Å². The summed E-state index contributed by atoms with van der Waals surface area (Å²) in [4.78, 5) is 35.0. The van der Waals surface area contributed by atoms with Crippen LogP contribution in [-0.2, 0) is 32.7 Å². The quantitative estimate of drug-likeness (QED) is 0.0202. The molecule has 0 rings (SSSR count). The zero-order valence-corrected chi connectivity index (χ0v) is 36.2. The molecule has 0 fully saturated rings. The number of carbonyl (C=O) groups is 2. The summed E-state index contributed by atoms with van der Waals surface area (Å²) >= 11 is 0. The van der Waals surface area contributed by atoms with Crippen molar-refractivity contribution >= 4 is 19.8 Å². The van der Waals surface area contributed by atoms with Crippen molar-refractivity contribution in [2.45, 2.75) is 154 Å². The maximum atomic E-state index is 12.6. The number of aliphatic hydroxyl groups is 3. The lowest BCUT2D eigenvalue weighted by atomic mass is 10.1. The first-order chi connectivity index (χ1) is 28.1. The number of aliphatic hydroxyl groups excluding tert-OH is 3. The highest BCUT2D eigenvalue weighted by molar-refractivity contribution is 7.47. The van der Waals surface area contributed by atoms with Crippen LogP contribution < -0.4 is 0 Å². The Labute approximate surface area is 349 Å². The van der Waals surface area contributed by atoms with Crippen molar-refractivity contribution in [3.8, 4) is 0 Å². The van der Waals surface area contributed by atoms with Gasteiger partial charge in [0.1, 0.15) is 12.7 Å². The van der Waals surface area contributed by atoms with Gasteiger partial charge in [0.2, 0.25) is 0 Å². The zero-order chi connectivity index (χ0) is 42.8. The van der Waals surface area contributed by atoms with E-state index in [1.54, 1.807) is 0 Å². The Morgan fingerprint density at radius 2 is 1.02 bits per heavy atom. The van der Waals surface area contributed by atoms with Crippen LogP contribution in [-0.4, -0.2) is 76.9 Å². The Kier molecular flexibility index (Phi) is 38.4. The third kappa shape index (κ3) is 41.0. The van der Waals surface area contributed by atoms with E-state index in [-0.39, 0.29) is 25.6 Å². The van der Waals surface area contributed by atoms with Gasteiger partial charge in [-0.2, -0.15) is 0 Å². The molecule has 0 aliphatic rings. The number of allylic oxidation sites excluding steroid dienone is 16. The minimum absolute atomic E-state index is 0.132. The van der Waals surface area contributed by atoms with Gasteiger partial charge in [-0.3, -0.25) is 18.6 Å². The molecule has 0 aromatic heterocycles. The van der Waals surface area contributed by atoms with Crippen molar-refractivity contribution in [1.82, 2.24) is 0 Å². The monoisotopic (exact) mass is 835 g/mol. The Balaban J connectivity index is 4.47. The summed E-state index contributed by atoms with van der Waals surface area (Å²) in [5.41, 5.74) is 0. The highest BCUT2D eigenvalue weighted by atomic mass is 31.2. The van der Waals surface area contributed by atoms with Gasteiger partial charge in [-0.15, -0.1) is 0 Å². The third-order valence-electron chi connectivity index (χ3n) is 8.24. The molecule has 0 saturated carbocycles. The van der Waals surface area contributed by atoms with E-state index in [4.69, 9.17) is 19.1 Å². The van der Waals surface area contributed by atoms with E-state index in [1.807, 2.05) is 19.1 Å². The number of hydrogen-bond acceptors (Lipinski definition) is 10. The Bertz CT molecular complexity index is 1300. The lowest BCUT2D eigenvalue weighted by molar-refractivity contribution is -0.161. The Hall–Kier alpha value is -3.15. The maximum Gasteiger partial charge on any atom is 0.472 e. The molecule has 0 radical (unpaired) electrons. The minimum atomic E-state index is -4.65. The fraction of sp³-hybridized carbons (Fsp3) is 0.609. The molecule has 0 aliphatic carbocycles. The molecule has 0 aromatic carbocycles. The molecule has 0 aliphatic heterocycles. The highest BCUT2D eigenvalue weighted by Crippen LogP contribution is 2.43. The molecule has 0 amide bonds. The van der Waals surface area contributed by atoms with E-state index in [9.17, 15) is 29.3 Å². The molecule has 1 unspecified atom stereocenters. The fourth-order valence-corrected chi connectivity index (χ4v) is 5.78. The fourth-order valence-electron chi connectivity index (χ4n) is 4.99. The van der Waals surface area contributed by atoms with Crippen LogP contribution in [0.4, 0.5) is 0 Å². The summed E-state index contributed by atoms with van der Waals surface area (Å²) < 4.78 is 32.6. The molecular formula is C46H75O11P. The number of hydrogen-bond donors (Lipinski definition) is 4. The largest absolute Gasteiger partial charge is 0.472 e.